The quantitative estimate of drug-likeness (QED) is 0.600. The van der Waals surface area contributed by atoms with Gasteiger partial charge in [-0.25, -0.2) is 0 Å². The lowest BCUT2D eigenvalue weighted by Crippen LogP contribution is -2.12. The monoisotopic (exact) mass is 346 g/mol. The first-order valence-electron chi connectivity index (χ1n) is 5.87. The fourth-order valence-electron chi connectivity index (χ4n) is 1.72. The Hall–Kier alpha value is -0.580. The van der Waals surface area contributed by atoms with Gasteiger partial charge in [-0.1, -0.05) is 19.1 Å². The number of carbonyl (C=O) groups is 1. The lowest BCUT2D eigenvalue weighted by atomic mass is 10.0. The maximum atomic E-state index is 11.2. The Balaban J connectivity index is 2.40. The molecule has 2 nitrogen and oxygen atoms in total. The lowest BCUT2D eigenvalue weighted by Gasteiger charge is -2.09. The topological polar surface area (TPSA) is 26.3 Å². The number of carbonyl (C=O) groups excluding carboxylic acids is 1. The first-order chi connectivity index (χ1) is 8.04. The van der Waals surface area contributed by atoms with Crippen molar-refractivity contribution in [3.63, 3.8) is 0 Å². The summed E-state index contributed by atoms with van der Waals surface area (Å²) in [6.45, 7) is 4.04. The molecule has 0 aliphatic carbocycles. The Bertz CT molecular complexity index is 388. The minimum atomic E-state index is -0.108. The molecule has 1 aromatic carbocycles. The number of hydrogen-bond donors (Lipinski definition) is 0. The second kappa shape index (κ2) is 6.99. The summed E-state index contributed by atoms with van der Waals surface area (Å²) in [6, 6.07) is 6.54. The summed E-state index contributed by atoms with van der Waals surface area (Å²) in [4.78, 5) is 11.2. The van der Waals surface area contributed by atoms with Gasteiger partial charge in [0.25, 0.3) is 0 Å². The number of aryl methyl sites for hydroxylation is 2. The van der Waals surface area contributed by atoms with Crippen LogP contribution in [-0.4, -0.2) is 13.1 Å². The third kappa shape index (κ3) is 4.66. The van der Waals surface area contributed by atoms with Crippen LogP contribution >= 0.6 is 22.6 Å². The number of hydrogen-bond acceptors (Lipinski definition) is 2. The molecule has 0 N–H and O–H groups in total. The van der Waals surface area contributed by atoms with Crippen LogP contribution in [0.2, 0.25) is 0 Å². The Labute approximate surface area is 117 Å². The van der Waals surface area contributed by atoms with E-state index < -0.39 is 0 Å². The predicted molar refractivity (Wildman–Crippen MR) is 78.0 cm³/mol. The molecule has 0 amide bonds. The molecule has 0 fully saturated rings. The molecule has 0 radical (unpaired) electrons. The molecule has 0 aliphatic heterocycles. The van der Waals surface area contributed by atoms with Crippen molar-refractivity contribution in [2.45, 2.75) is 33.1 Å². The molecule has 0 aromatic heterocycles. The predicted octanol–water partition coefficient (Wildman–Crippen LogP) is 3.73. The molecule has 94 valence electrons. The summed E-state index contributed by atoms with van der Waals surface area (Å²) < 4.78 is 6.02. The van der Waals surface area contributed by atoms with Gasteiger partial charge in [-0.05, 0) is 66.0 Å². The van der Waals surface area contributed by atoms with Crippen LogP contribution in [0.5, 0.6) is 0 Å². The van der Waals surface area contributed by atoms with Crippen LogP contribution < -0.4 is 0 Å². The van der Waals surface area contributed by atoms with Crippen molar-refractivity contribution in [3.05, 3.63) is 32.9 Å². The summed E-state index contributed by atoms with van der Waals surface area (Å²) >= 11 is 2.36. The highest BCUT2D eigenvalue weighted by molar-refractivity contribution is 14.1. The number of benzene rings is 1. The summed E-state index contributed by atoms with van der Waals surface area (Å²) in [6.07, 6.45) is 2.93. The Morgan fingerprint density at radius 2 is 2.18 bits per heavy atom. The highest BCUT2D eigenvalue weighted by Gasteiger charge is 2.12. The van der Waals surface area contributed by atoms with Gasteiger partial charge in [-0.3, -0.25) is 4.79 Å². The van der Waals surface area contributed by atoms with Crippen LogP contribution in [-0.2, 0) is 16.0 Å². The fourth-order valence-corrected chi connectivity index (χ4v) is 2.30. The van der Waals surface area contributed by atoms with Gasteiger partial charge in [-0.15, -0.1) is 0 Å². The van der Waals surface area contributed by atoms with Gasteiger partial charge in [0, 0.05) is 3.57 Å². The van der Waals surface area contributed by atoms with E-state index in [1.165, 1.54) is 21.8 Å². The Morgan fingerprint density at radius 1 is 1.47 bits per heavy atom. The van der Waals surface area contributed by atoms with Crippen LogP contribution in [0.3, 0.4) is 0 Å². The van der Waals surface area contributed by atoms with E-state index >= 15 is 0 Å². The second-order valence-corrected chi connectivity index (χ2v) is 5.56. The molecule has 3 heteroatoms. The smallest absolute Gasteiger partial charge is 0.308 e. The largest absolute Gasteiger partial charge is 0.469 e. The molecule has 0 heterocycles. The molecule has 0 spiro atoms. The van der Waals surface area contributed by atoms with Crippen LogP contribution in [0, 0.1) is 16.4 Å². The summed E-state index contributed by atoms with van der Waals surface area (Å²) in [5, 5.41) is 0. The van der Waals surface area contributed by atoms with Crippen molar-refractivity contribution in [1.82, 2.24) is 0 Å². The van der Waals surface area contributed by atoms with Gasteiger partial charge in [-0.2, -0.15) is 0 Å². The molecule has 0 aliphatic rings. The third-order valence-corrected chi connectivity index (χ3v) is 4.10. The zero-order chi connectivity index (χ0) is 12.8. The molecular weight excluding hydrogens is 327 g/mol. The molecule has 17 heavy (non-hydrogen) atoms. The first-order valence-corrected chi connectivity index (χ1v) is 6.95. The molecule has 0 saturated heterocycles. The van der Waals surface area contributed by atoms with Gasteiger partial charge >= 0.3 is 5.97 Å². The van der Waals surface area contributed by atoms with E-state index in [4.69, 9.17) is 4.74 Å². The van der Waals surface area contributed by atoms with Crippen molar-refractivity contribution in [1.29, 1.82) is 0 Å². The van der Waals surface area contributed by atoms with E-state index in [-0.39, 0.29) is 11.9 Å². The Morgan fingerprint density at radius 3 is 2.76 bits per heavy atom. The highest BCUT2D eigenvalue weighted by atomic mass is 127. The molecule has 1 aromatic rings. The maximum Gasteiger partial charge on any atom is 0.308 e. The maximum absolute atomic E-state index is 11.2. The van der Waals surface area contributed by atoms with Crippen molar-refractivity contribution >= 4 is 28.6 Å². The molecule has 0 unspecified atom stereocenters. The molecule has 0 saturated carbocycles. The van der Waals surface area contributed by atoms with E-state index in [9.17, 15) is 4.79 Å². The normalized spacial score (nSPS) is 12.2. The zero-order valence-corrected chi connectivity index (χ0v) is 12.8. The molecule has 0 bridgehead atoms. The van der Waals surface area contributed by atoms with E-state index in [0.717, 1.165) is 19.3 Å². The fraction of sp³-hybridized carbons (Fsp3) is 0.500. The highest BCUT2D eigenvalue weighted by Crippen LogP contribution is 2.16. The van der Waals surface area contributed by atoms with Gasteiger partial charge in [0.1, 0.15) is 0 Å². The number of halogens is 1. The minimum absolute atomic E-state index is 0.00419. The summed E-state index contributed by atoms with van der Waals surface area (Å²) in [5.41, 5.74) is 2.66. The lowest BCUT2D eigenvalue weighted by molar-refractivity contribution is -0.145. The van der Waals surface area contributed by atoms with Crippen LogP contribution in [0.25, 0.3) is 0 Å². The van der Waals surface area contributed by atoms with E-state index in [2.05, 4.69) is 47.7 Å². The summed E-state index contributed by atoms with van der Waals surface area (Å²) in [5.74, 6) is -0.104. The molecule has 1 atom stereocenters. The minimum Gasteiger partial charge on any atom is -0.469 e. The number of ether oxygens (including phenoxy) is 1. The SMILES string of the molecule is COC(=O)[C@@H](C)CCCc1ccc(C)c(I)c1. The van der Waals surface area contributed by atoms with Crippen molar-refractivity contribution in [2.24, 2.45) is 5.92 Å². The van der Waals surface area contributed by atoms with Gasteiger partial charge in [0.05, 0.1) is 13.0 Å². The van der Waals surface area contributed by atoms with Gasteiger partial charge in [0.2, 0.25) is 0 Å². The number of rotatable bonds is 5. The first kappa shape index (κ1) is 14.5. The van der Waals surface area contributed by atoms with Crippen molar-refractivity contribution in [3.8, 4) is 0 Å². The molecular formula is C14H19IO2. The van der Waals surface area contributed by atoms with Gasteiger partial charge < -0.3 is 4.74 Å². The number of esters is 1. The van der Waals surface area contributed by atoms with Crippen LogP contribution in [0.1, 0.15) is 30.9 Å². The van der Waals surface area contributed by atoms with E-state index in [1.807, 2.05) is 6.92 Å². The third-order valence-electron chi connectivity index (χ3n) is 2.94. The van der Waals surface area contributed by atoms with Gasteiger partial charge in [0.15, 0.2) is 0 Å². The average molecular weight is 346 g/mol. The second-order valence-electron chi connectivity index (χ2n) is 4.40. The van der Waals surface area contributed by atoms with E-state index in [1.54, 1.807) is 0 Å². The van der Waals surface area contributed by atoms with Crippen LogP contribution in [0.15, 0.2) is 18.2 Å². The molecule has 1 rings (SSSR count). The average Bonchev–Trinajstić information content (AvgIpc) is 2.32. The van der Waals surface area contributed by atoms with Crippen molar-refractivity contribution in [2.75, 3.05) is 7.11 Å². The summed E-state index contributed by atoms with van der Waals surface area (Å²) in [7, 11) is 1.45. The zero-order valence-electron chi connectivity index (χ0n) is 10.6. The standard InChI is InChI=1S/C14H19IO2/c1-10-7-8-12(9-13(10)15)6-4-5-11(2)14(16)17-3/h7-9,11H,4-6H2,1-3H3/t11-/m0/s1. The Kier molecular flexibility index (Phi) is 5.95. The number of methoxy groups -OCH3 is 1. The van der Waals surface area contributed by atoms with Crippen molar-refractivity contribution < 1.29 is 9.53 Å². The van der Waals surface area contributed by atoms with Crippen LogP contribution in [0.4, 0.5) is 0 Å². The van der Waals surface area contributed by atoms with E-state index in [0.29, 0.717) is 0 Å².